The second-order valence-electron chi connectivity index (χ2n) is 8.46. The Morgan fingerprint density at radius 2 is 2.18 bits per heavy atom. The maximum Gasteiger partial charge on any atom is 0.171 e. The Bertz CT molecular complexity index is 1020. The quantitative estimate of drug-likeness (QED) is 0.675. The van der Waals surface area contributed by atoms with Gasteiger partial charge in [-0.3, -0.25) is 4.79 Å². The number of aliphatic hydroxyl groups excluding tert-OH is 1. The molecular weight excluding hydrogens is 352 g/mol. The van der Waals surface area contributed by atoms with Crippen LogP contribution >= 0.6 is 0 Å². The number of rotatable bonds is 4. The average Bonchev–Trinajstić information content (AvgIpc) is 3.33. The lowest BCUT2D eigenvalue weighted by molar-refractivity contribution is 0.0860. The molecular formula is C22H26N4O2. The summed E-state index contributed by atoms with van der Waals surface area (Å²) in [6.07, 6.45) is 5.53. The molecule has 0 saturated carbocycles. The highest BCUT2D eigenvalue weighted by Crippen LogP contribution is 2.30. The predicted molar refractivity (Wildman–Crippen MR) is 111 cm³/mol. The van der Waals surface area contributed by atoms with Crippen LogP contribution in [0.5, 0.6) is 0 Å². The molecule has 3 heterocycles. The second-order valence-corrected chi connectivity index (χ2v) is 8.46. The van der Waals surface area contributed by atoms with E-state index in [4.69, 9.17) is 4.98 Å². The lowest BCUT2D eigenvalue weighted by atomic mass is 9.87. The van der Waals surface area contributed by atoms with E-state index in [0.717, 1.165) is 36.3 Å². The Morgan fingerprint density at radius 3 is 2.93 bits per heavy atom. The zero-order valence-electron chi connectivity index (χ0n) is 16.6. The SMILES string of the molecule is CC(C)(C)C(=O)c1c[nH]c2ncc(-c3cccc(N4CCC[C@H]4CO)c3)nc12. The highest BCUT2D eigenvalue weighted by Gasteiger charge is 2.27. The number of nitrogens with zero attached hydrogens (tertiary/aromatic N) is 3. The van der Waals surface area contributed by atoms with Crippen LogP contribution in [-0.2, 0) is 0 Å². The Hall–Kier alpha value is -2.73. The highest BCUT2D eigenvalue weighted by molar-refractivity contribution is 6.08. The van der Waals surface area contributed by atoms with Gasteiger partial charge in [-0.15, -0.1) is 0 Å². The Kier molecular flexibility index (Phi) is 4.67. The molecule has 0 unspecified atom stereocenters. The molecule has 0 spiro atoms. The van der Waals surface area contributed by atoms with Gasteiger partial charge in [0.15, 0.2) is 11.4 Å². The number of carbonyl (C=O) groups is 1. The first-order valence-electron chi connectivity index (χ1n) is 9.75. The zero-order chi connectivity index (χ0) is 19.9. The Balaban J connectivity index is 1.74. The summed E-state index contributed by atoms with van der Waals surface area (Å²) in [5, 5.41) is 9.63. The second kappa shape index (κ2) is 7.02. The lowest BCUT2D eigenvalue weighted by Gasteiger charge is -2.25. The summed E-state index contributed by atoms with van der Waals surface area (Å²) in [6, 6.07) is 8.32. The lowest BCUT2D eigenvalue weighted by Crippen LogP contribution is -2.31. The van der Waals surface area contributed by atoms with Crippen molar-refractivity contribution in [2.45, 2.75) is 39.7 Å². The molecule has 1 saturated heterocycles. The van der Waals surface area contributed by atoms with Gasteiger partial charge in [0.25, 0.3) is 0 Å². The van der Waals surface area contributed by atoms with Crippen molar-refractivity contribution < 1.29 is 9.90 Å². The molecule has 2 aromatic heterocycles. The van der Waals surface area contributed by atoms with Gasteiger partial charge in [0.05, 0.1) is 30.1 Å². The van der Waals surface area contributed by atoms with E-state index in [1.54, 1.807) is 12.4 Å². The summed E-state index contributed by atoms with van der Waals surface area (Å²) in [5.41, 5.74) is 4.08. The summed E-state index contributed by atoms with van der Waals surface area (Å²) in [7, 11) is 0. The monoisotopic (exact) mass is 378 g/mol. The molecule has 4 rings (SSSR count). The first-order chi connectivity index (χ1) is 13.4. The number of benzene rings is 1. The number of anilines is 1. The first-order valence-corrected chi connectivity index (χ1v) is 9.75. The van der Waals surface area contributed by atoms with Gasteiger partial charge in [0.2, 0.25) is 0 Å². The topological polar surface area (TPSA) is 82.1 Å². The smallest absolute Gasteiger partial charge is 0.171 e. The molecule has 3 aromatic rings. The van der Waals surface area contributed by atoms with Crippen molar-refractivity contribution in [3.63, 3.8) is 0 Å². The third-order valence-electron chi connectivity index (χ3n) is 5.37. The van der Waals surface area contributed by atoms with Crippen LogP contribution in [0.15, 0.2) is 36.7 Å². The van der Waals surface area contributed by atoms with Gasteiger partial charge >= 0.3 is 0 Å². The van der Waals surface area contributed by atoms with Gasteiger partial charge in [0.1, 0.15) is 5.52 Å². The van der Waals surface area contributed by atoms with E-state index in [1.165, 1.54) is 0 Å². The van der Waals surface area contributed by atoms with Gasteiger partial charge in [-0.25, -0.2) is 9.97 Å². The minimum absolute atomic E-state index is 0.0433. The largest absolute Gasteiger partial charge is 0.394 e. The van der Waals surface area contributed by atoms with Crippen molar-refractivity contribution in [3.05, 3.63) is 42.2 Å². The fraction of sp³-hybridized carbons (Fsp3) is 0.409. The molecule has 1 fully saturated rings. The standard InChI is InChI=1S/C22H26N4O2/c1-22(2,3)20(28)17-11-23-21-19(17)25-18(12-24-21)14-6-4-7-15(10-14)26-9-5-8-16(26)13-27/h4,6-7,10-12,16,27H,5,8-9,13H2,1-3H3,(H,23,24)/t16-/m0/s1. The molecule has 1 atom stereocenters. The van der Waals surface area contributed by atoms with Gasteiger partial charge in [0, 0.05) is 29.4 Å². The van der Waals surface area contributed by atoms with Crippen molar-refractivity contribution >= 4 is 22.6 Å². The van der Waals surface area contributed by atoms with Gasteiger partial charge < -0.3 is 15.0 Å². The number of fused-ring (bicyclic) bond motifs is 1. The summed E-state index contributed by atoms with van der Waals surface area (Å²) in [6.45, 7) is 6.83. The van der Waals surface area contributed by atoms with E-state index in [1.807, 2.05) is 32.9 Å². The maximum absolute atomic E-state index is 12.8. The third-order valence-corrected chi connectivity index (χ3v) is 5.37. The van der Waals surface area contributed by atoms with Crippen molar-refractivity contribution in [2.75, 3.05) is 18.1 Å². The zero-order valence-corrected chi connectivity index (χ0v) is 16.6. The average molecular weight is 378 g/mol. The number of aliphatic hydroxyl groups is 1. The molecule has 0 bridgehead atoms. The van der Waals surface area contributed by atoms with Gasteiger partial charge in [-0.1, -0.05) is 32.9 Å². The minimum atomic E-state index is -0.484. The highest BCUT2D eigenvalue weighted by atomic mass is 16.3. The number of hydrogen-bond donors (Lipinski definition) is 2. The van der Waals surface area contributed by atoms with Crippen LogP contribution in [0.2, 0.25) is 0 Å². The molecule has 6 heteroatoms. The van der Waals surface area contributed by atoms with Crippen molar-refractivity contribution in [3.8, 4) is 11.3 Å². The molecule has 0 amide bonds. The summed E-state index contributed by atoms with van der Waals surface area (Å²) in [4.78, 5) is 27.3. The number of H-pyrrole nitrogens is 1. The number of carbonyl (C=O) groups excluding carboxylic acids is 1. The molecule has 0 radical (unpaired) electrons. The number of nitrogens with one attached hydrogen (secondary N) is 1. The Morgan fingerprint density at radius 1 is 1.36 bits per heavy atom. The van der Waals surface area contributed by atoms with E-state index >= 15 is 0 Å². The number of ketones is 1. The normalized spacial score (nSPS) is 17.4. The molecule has 0 aliphatic carbocycles. The molecule has 28 heavy (non-hydrogen) atoms. The van der Waals surface area contributed by atoms with E-state index in [9.17, 15) is 9.90 Å². The molecule has 1 aliphatic heterocycles. The molecule has 1 aliphatic rings. The molecule has 1 aromatic carbocycles. The molecule has 146 valence electrons. The summed E-state index contributed by atoms with van der Waals surface area (Å²) >= 11 is 0. The molecule has 6 nitrogen and oxygen atoms in total. The van der Waals surface area contributed by atoms with Crippen LogP contribution in [0.4, 0.5) is 5.69 Å². The van der Waals surface area contributed by atoms with Gasteiger partial charge in [-0.2, -0.15) is 0 Å². The van der Waals surface area contributed by atoms with Gasteiger partial charge in [-0.05, 0) is 25.0 Å². The van der Waals surface area contributed by atoms with E-state index in [2.05, 4.69) is 27.0 Å². The van der Waals surface area contributed by atoms with Crippen LogP contribution in [0.3, 0.4) is 0 Å². The first kappa shape index (κ1) is 18.6. The van der Waals surface area contributed by atoms with E-state index < -0.39 is 5.41 Å². The predicted octanol–water partition coefficient (Wildman–Crippen LogP) is 3.81. The number of hydrogen-bond acceptors (Lipinski definition) is 5. The van der Waals surface area contributed by atoms with E-state index in [-0.39, 0.29) is 18.4 Å². The van der Waals surface area contributed by atoms with Crippen LogP contribution in [0, 0.1) is 5.41 Å². The minimum Gasteiger partial charge on any atom is -0.394 e. The van der Waals surface area contributed by atoms with Crippen molar-refractivity contribution in [1.82, 2.24) is 15.0 Å². The van der Waals surface area contributed by atoms with E-state index in [0.29, 0.717) is 16.7 Å². The number of aromatic amines is 1. The van der Waals surface area contributed by atoms with Crippen molar-refractivity contribution in [1.29, 1.82) is 0 Å². The van der Waals surface area contributed by atoms with Crippen LogP contribution in [0.1, 0.15) is 44.0 Å². The van der Waals surface area contributed by atoms with Crippen LogP contribution in [-0.4, -0.2) is 45.0 Å². The van der Waals surface area contributed by atoms with Crippen LogP contribution < -0.4 is 4.90 Å². The van der Waals surface area contributed by atoms with Crippen molar-refractivity contribution in [2.24, 2.45) is 5.41 Å². The number of Topliss-reactive ketones (excluding diaryl/α,β-unsaturated/α-hetero) is 1. The molecule has 2 N–H and O–H groups in total. The Labute approximate surface area is 164 Å². The number of aromatic nitrogens is 3. The summed E-state index contributed by atoms with van der Waals surface area (Å²) < 4.78 is 0. The fourth-order valence-electron chi connectivity index (χ4n) is 3.82. The maximum atomic E-state index is 12.8. The fourth-order valence-corrected chi connectivity index (χ4v) is 3.82. The third kappa shape index (κ3) is 3.29. The summed E-state index contributed by atoms with van der Waals surface area (Å²) in [5.74, 6) is 0.0433. The van der Waals surface area contributed by atoms with Crippen LogP contribution in [0.25, 0.3) is 22.4 Å².